The Bertz CT molecular complexity index is 1700. The van der Waals surface area contributed by atoms with Gasteiger partial charge >= 0.3 is 5.97 Å². The molecule has 40 heavy (non-hydrogen) atoms. The molecule has 5 rings (SSSR count). The van der Waals surface area contributed by atoms with E-state index in [1.807, 2.05) is 54.6 Å². The Hall–Kier alpha value is -5.35. The number of para-hydroxylation sites is 1. The van der Waals surface area contributed by atoms with E-state index >= 15 is 0 Å². The molecule has 198 valence electrons. The molecule has 5 aromatic rings. The second-order valence-electron chi connectivity index (χ2n) is 8.73. The van der Waals surface area contributed by atoms with Crippen LogP contribution in [-0.4, -0.2) is 31.8 Å². The molecule has 1 aromatic heterocycles. The zero-order valence-corrected chi connectivity index (χ0v) is 21.7. The summed E-state index contributed by atoms with van der Waals surface area (Å²) in [5, 5.41) is 35.2. The van der Waals surface area contributed by atoms with Gasteiger partial charge in [0.05, 0.1) is 15.5 Å². The van der Waals surface area contributed by atoms with Gasteiger partial charge in [-0.3, -0.25) is 15.5 Å². The van der Waals surface area contributed by atoms with Gasteiger partial charge in [0, 0.05) is 23.6 Å². The van der Waals surface area contributed by atoms with Crippen LogP contribution in [0.3, 0.4) is 0 Å². The molecule has 0 radical (unpaired) electrons. The average molecular weight is 551 g/mol. The molecule has 0 fully saturated rings. The lowest BCUT2D eigenvalue weighted by Gasteiger charge is -2.06. The summed E-state index contributed by atoms with van der Waals surface area (Å²) in [4.78, 5) is 28.2. The highest BCUT2D eigenvalue weighted by atomic mass is 32.1. The van der Waals surface area contributed by atoms with Crippen LogP contribution in [0.2, 0.25) is 0 Å². The van der Waals surface area contributed by atoms with Crippen LogP contribution in [-0.2, 0) is 11.2 Å². The molecule has 1 heterocycles. The smallest absolute Gasteiger partial charge is 0.352 e. The average Bonchev–Trinajstić information content (AvgIpc) is 3.40. The highest BCUT2D eigenvalue weighted by Gasteiger charge is 2.20. The predicted molar refractivity (Wildman–Crippen MR) is 156 cm³/mol. The number of phenols is 1. The van der Waals surface area contributed by atoms with Gasteiger partial charge in [-0.25, -0.2) is 9.78 Å². The first-order valence-electron chi connectivity index (χ1n) is 12.1. The van der Waals surface area contributed by atoms with E-state index in [1.165, 1.54) is 29.5 Å². The fourth-order valence-electron chi connectivity index (χ4n) is 4.12. The third-order valence-corrected chi connectivity index (χ3v) is 7.11. The van der Waals surface area contributed by atoms with Crippen LogP contribution in [0.25, 0.3) is 32.8 Å². The molecule has 0 bridgehead atoms. The minimum atomic E-state index is -1.31. The molecule has 9 nitrogen and oxygen atoms in total. The molecular formula is C30H22N4O5S. The summed E-state index contributed by atoms with van der Waals surface area (Å²) in [6, 6.07) is 30.6. The Morgan fingerprint density at radius 1 is 0.850 bits per heavy atom. The van der Waals surface area contributed by atoms with Crippen molar-refractivity contribution in [3.05, 3.63) is 119 Å². The number of hydrazone groups is 1. The largest absolute Gasteiger partial charge is 0.508 e. The summed E-state index contributed by atoms with van der Waals surface area (Å²) in [7, 11) is 0. The normalized spacial score (nSPS) is 11.2. The number of aromatic nitrogens is 1. The SMILES string of the molecule is O=C(O)/C(Cc1ccccc1[N+](=O)[O-])=N/Nc1nc(-c2ccc(-c3ccccc3)cc2)c(-c2ccc(O)cc2)s1. The van der Waals surface area contributed by atoms with Gasteiger partial charge in [0.2, 0.25) is 5.13 Å². The first-order valence-corrected chi connectivity index (χ1v) is 12.9. The molecule has 0 atom stereocenters. The summed E-state index contributed by atoms with van der Waals surface area (Å²) >= 11 is 1.27. The number of nitrogens with zero attached hydrogens (tertiary/aromatic N) is 3. The van der Waals surface area contributed by atoms with Gasteiger partial charge < -0.3 is 10.2 Å². The number of carboxylic acid groups (broad SMARTS) is 1. The number of nitro benzene ring substituents is 1. The maximum atomic E-state index is 11.9. The monoisotopic (exact) mass is 550 g/mol. The van der Waals surface area contributed by atoms with E-state index < -0.39 is 10.9 Å². The molecule has 10 heteroatoms. The van der Waals surface area contributed by atoms with Crippen molar-refractivity contribution in [2.75, 3.05) is 5.43 Å². The standard InChI is InChI=1S/C30H22N4O5S/c35-24-16-14-22(15-17-24)28-27(21-12-10-20(11-13-21)19-6-2-1-3-7-19)31-30(40-28)33-32-25(29(36)37)18-23-8-4-5-9-26(23)34(38)39/h1-17,35H,18H2,(H,31,33)(H,36,37)/b32-25+. The summed E-state index contributed by atoms with van der Waals surface area (Å²) in [5.74, 6) is -1.18. The third-order valence-electron chi connectivity index (χ3n) is 6.10. The summed E-state index contributed by atoms with van der Waals surface area (Å²) in [5.41, 5.74) is 6.94. The molecule has 0 spiro atoms. The second kappa shape index (κ2) is 11.6. The topological polar surface area (TPSA) is 138 Å². The Morgan fingerprint density at radius 2 is 1.45 bits per heavy atom. The minimum absolute atomic E-state index is 0.131. The van der Waals surface area contributed by atoms with Crippen molar-refractivity contribution in [2.45, 2.75) is 6.42 Å². The molecule has 0 unspecified atom stereocenters. The van der Waals surface area contributed by atoms with Gasteiger partial charge in [-0.2, -0.15) is 5.10 Å². The minimum Gasteiger partial charge on any atom is -0.508 e. The van der Waals surface area contributed by atoms with Crippen molar-refractivity contribution < 1.29 is 19.9 Å². The van der Waals surface area contributed by atoms with Crippen LogP contribution in [0.15, 0.2) is 108 Å². The number of aromatic hydroxyl groups is 1. The zero-order valence-electron chi connectivity index (χ0n) is 20.9. The Balaban J connectivity index is 1.49. The van der Waals surface area contributed by atoms with E-state index in [2.05, 4.69) is 10.5 Å². The van der Waals surface area contributed by atoms with Gasteiger partial charge in [-0.15, -0.1) is 0 Å². The first kappa shape index (κ1) is 26.3. The predicted octanol–water partition coefficient (Wildman–Crippen LogP) is 6.85. The number of carboxylic acids is 1. The molecule has 0 aliphatic rings. The lowest BCUT2D eigenvalue weighted by Crippen LogP contribution is -2.18. The van der Waals surface area contributed by atoms with E-state index in [-0.39, 0.29) is 29.1 Å². The molecule has 3 N–H and O–H groups in total. The van der Waals surface area contributed by atoms with Crippen molar-refractivity contribution in [1.29, 1.82) is 0 Å². The molecule has 0 saturated carbocycles. The fourth-order valence-corrected chi connectivity index (χ4v) is 5.06. The van der Waals surface area contributed by atoms with E-state index in [0.29, 0.717) is 10.8 Å². The fraction of sp³-hybridized carbons (Fsp3) is 0.0333. The third kappa shape index (κ3) is 5.87. The zero-order chi connectivity index (χ0) is 28.1. The number of hydrogen-bond donors (Lipinski definition) is 3. The molecule has 0 aliphatic heterocycles. The van der Waals surface area contributed by atoms with Crippen LogP contribution in [0.4, 0.5) is 10.8 Å². The first-order chi connectivity index (χ1) is 19.4. The number of benzene rings is 4. The number of anilines is 1. The van der Waals surface area contributed by atoms with E-state index in [0.717, 1.165) is 27.1 Å². The van der Waals surface area contributed by atoms with Crippen molar-refractivity contribution in [3.63, 3.8) is 0 Å². The van der Waals surface area contributed by atoms with E-state index in [1.54, 1.807) is 30.3 Å². The number of phenolic OH excluding ortho intramolecular Hbond substituents is 1. The molecular weight excluding hydrogens is 528 g/mol. The van der Waals surface area contributed by atoms with Crippen LogP contribution in [0.5, 0.6) is 5.75 Å². The van der Waals surface area contributed by atoms with Crippen LogP contribution in [0, 0.1) is 10.1 Å². The number of thiazole rings is 1. The van der Waals surface area contributed by atoms with Crippen molar-refractivity contribution in [3.8, 4) is 38.6 Å². The molecule has 0 saturated heterocycles. The Morgan fingerprint density at radius 3 is 2.12 bits per heavy atom. The van der Waals surface area contributed by atoms with Gasteiger partial charge in [0.15, 0.2) is 0 Å². The maximum Gasteiger partial charge on any atom is 0.352 e. The van der Waals surface area contributed by atoms with Gasteiger partial charge in [-0.05, 0) is 41.0 Å². The number of nitrogens with one attached hydrogen (secondary N) is 1. The van der Waals surface area contributed by atoms with Gasteiger partial charge in [0.25, 0.3) is 5.69 Å². The van der Waals surface area contributed by atoms with Gasteiger partial charge in [0.1, 0.15) is 11.5 Å². The number of carbonyl (C=O) groups is 1. The molecule has 0 aliphatic carbocycles. The van der Waals surface area contributed by atoms with Crippen LogP contribution in [0.1, 0.15) is 5.56 Å². The summed E-state index contributed by atoms with van der Waals surface area (Å²) < 4.78 is 0. The quantitative estimate of drug-likeness (QED) is 0.104. The molecule has 4 aromatic carbocycles. The number of nitro groups is 1. The number of aliphatic carboxylic acids is 1. The molecule has 0 amide bonds. The number of hydrogen-bond acceptors (Lipinski definition) is 8. The maximum absolute atomic E-state index is 11.9. The second-order valence-corrected chi connectivity index (χ2v) is 9.72. The lowest BCUT2D eigenvalue weighted by atomic mass is 10.0. The van der Waals surface area contributed by atoms with Crippen molar-refractivity contribution in [1.82, 2.24) is 4.98 Å². The highest BCUT2D eigenvalue weighted by Crippen LogP contribution is 2.40. The Kier molecular flexibility index (Phi) is 7.61. The van der Waals surface area contributed by atoms with E-state index in [4.69, 9.17) is 4.98 Å². The van der Waals surface area contributed by atoms with Crippen LogP contribution >= 0.6 is 11.3 Å². The van der Waals surface area contributed by atoms with E-state index in [9.17, 15) is 25.1 Å². The Labute approximate surface area is 232 Å². The van der Waals surface area contributed by atoms with Crippen molar-refractivity contribution >= 4 is 33.8 Å². The van der Waals surface area contributed by atoms with Crippen molar-refractivity contribution in [2.24, 2.45) is 5.10 Å². The lowest BCUT2D eigenvalue weighted by molar-refractivity contribution is -0.385. The highest BCUT2D eigenvalue weighted by molar-refractivity contribution is 7.19. The van der Waals surface area contributed by atoms with Gasteiger partial charge in [-0.1, -0.05) is 84.1 Å². The summed E-state index contributed by atoms with van der Waals surface area (Å²) in [6.07, 6.45) is -0.247. The van der Waals surface area contributed by atoms with Crippen LogP contribution < -0.4 is 5.43 Å². The number of rotatable bonds is 9. The summed E-state index contributed by atoms with van der Waals surface area (Å²) in [6.45, 7) is 0.